The minimum Gasteiger partial charge on any atom is -0.388 e. The highest BCUT2D eigenvalue weighted by Crippen LogP contribution is 2.34. The molecule has 0 unspecified atom stereocenters. The van der Waals surface area contributed by atoms with Crippen molar-refractivity contribution in [2.75, 3.05) is 39.4 Å². The van der Waals surface area contributed by atoms with E-state index < -0.39 is 45.3 Å². The zero-order valence-electron chi connectivity index (χ0n) is 27.5. The molecule has 0 aliphatic carbocycles. The third-order valence-corrected chi connectivity index (χ3v) is 6.77. The van der Waals surface area contributed by atoms with Crippen LogP contribution >= 0.6 is 0 Å². The van der Waals surface area contributed by atoms with Gasteiger partial charge in [-0.15, -0.1) is 10.1 Å². The highest BCUT2D eigenvalue weighted by molar-refractivity contribution is 5.72. The number of rotatable bonds is 12. The summed E-state index contributed by atoms with van der Waals surface area (Å²) in [5, 5.41) is 27.2. The average Bonchev–Trinajstić information content (AvgIpc) is 2.68. The maximum atomic E-state index is 12.6. The molecule has 2 rings (SSSR count). The van der Waals surface area contributed by atoms with Gasteiger partial charge in [0.1, 0.15) is 0 Å². The van der Waals surface area contributed by atoms with Crippen molar-refractivity contribution in [2.24, 2.45) is 0 Å². The first-order valence-corrected chi connectivity index (χ1v) is 14.6. The summed E-state index contributed by atoms with van der Waals surface area (Å²) in [6.45, 7) is 24.7. The normalized spacial score (nSPS) is 23.8. The lowest BCUT2D eigenvalue weighted by Crippen LogP contribution is -2.68. The minimum absolute atomic E-state index is 0.0842. The Hall–Kier alpha value is -1.38. The van der Waals surface area contributed by atoms with Gasteiger partial charge in [0.05, 0.1) is 72.8 Å². The first-order valence-electron chi connectivity index (χ1n) is 14.6. The van der Waals surface area contributed by atoms with E-state index in [0.29, 0.717) is 32.6 Å². The predicted molar refractivity (Wildman–Crippen MR) is 154 cm³/mol. The SMILES string of the molecule is CC(C)(O)CON1C(C)(C)CN(OC(=O)CCCC(=O)ON2CC(C)(C)N(OCC(C)(C)O)C(C)(C)C2)CC1(C)C. The van der Waals surface area contributed by atoms with Crippen LogP contribution in [0, 0.1) is 0 Å². The second-order valence-corrected chi connectivity index (χ2v) is 15.4. The summed E-state index contributed by atoms with van der Waals surface area (Å²) < 4.78 is 0. The van der Waals surface area contributed by atoms with Gasteiger partial charge < -0.3 is 19.9 Å². The third kappa shape index (κ3) is 11.0. The molecule has 12 nitrogen and oxygen atoms in total. The van der Waals surface area contributed by atoms with Gasteiger partial charge in [0.2, 0.25) is 0 Å². The molecular formula is C29H56N4O8. The van der Waals surface area contributed by atoms with Crippen molar-refractivity contribution >= 4 is 11.9 Å². The van der Waals surface area contributed by atoms with Crippen molar-refractivity contribution in [1.82, 2.24) is 20.3 Å². The van der Waals surface area contributed by atoms with Gasteiger partial charge in [-0.25, -0.2) is 0 Å². The summed E-state index contributed by atoms with van der Waals surface area (Å²) in [5.74, 6) is -0.815. The fraction of sp³-hybridized carbons (Fsp3) is 0.931. The Morgan fingerprint density at radius 2 is 0.878 bits per heavy atom. The molecular weight excluding hydrogens is 532 g/mol. The summed E-state index contributed by atoms with van der Waals surface area (Å²) in [7, 11) is 0. The molecule has 2 aliphatic heterocycles. The van der Waals surface area contributed by atoms with E-state index in [0.717, 1.165) is 0 Å². The van der Waals surface area contributed by atoms with Crippen molar-refractivity contribution in [3.05, 3.63) is 0 Å². The van der Waals surface area contributed by atoms with Crippen LogP contribution < -0.4 is 0 Å². The summed E-state index contributed by atoms with van der Waals surface area (Å²) >= 11 is 0. The lowest BCUT2D eigenvalue weighted by atomic mass is 9.92. The summed E-state index contributed by atoms with van der Waals surface area (Å²) in [5.41, 5.74) is -3.87. The van der Waals surface area contributed by atoms with Crippen molar-refractivity contribution in [1.29, 1.82) is 0 Å². The molecule has 12 heteroatoms. The Morgan fingerprint density at radius 3 is 1.12 bits per heavy atom. The van der Waals surface area contributed by atoms with Crippen LogP contribution in [0.2, 0.25) is 0 Å². The molecule has 2 aliphatic rings. The monoisotopic (exact) mass is 588 g/mol. The van der Waals surface area contributed by atoms with Crippen molar-refractivity contribution in [3.8, 4) is 0 Å². The molecule has 0 atom stereocenters. The number of hydrogen-bond donors (Lipinski definition) is 2. The number of carbonyl (C=O) groups excluding carboxylic acids is 2. The molecule has 240 valence electrons. The Morgan fingerprint density at radius 1 is 0.610 bits per heavy atom. The molecule has 0 aromatic carbocycles. The van der Waals surface area contributed by atoms with Gasteiger partial charge in [0.25, 0.3) is 0 Å². The fourth-order valence-corrected chi connectivity index (χ4v) is 5.76. The maximum absolute atomic E-state index is 12.6. The molecule has 2 saturated heterocycles. The molecule has 2 heterocycles. The largest absolute Gasteiger partial charge is 0.388 e. The van der Waals surface area contributed by atoms with E-state index in [9.17, 15) is 19.8 Å². The molecule has 0 radical (unpaired) electrons. The summed E-state index contributed by atoms with van der Waals surface area (Å²) in [6.07, 6.45) is 0.475. The van der Waals surface area contributed by atoms with Crippen LogP contribution in [0.15, 0.2) is 0 Å². The van der Waals surface area contributed by atoms with Gasteiger partial charge in [-0.05, 0) is 89.5 Å². The molecule has 0 saturated carbocycles. The van der Waals surface area contributed by atoms with Crippen LogP contribution in [0.1, 0.15) is 102 Å². The van der Waals surface area contributed by atoms with Crippen LogP contribution in [-0.4, -0.2) is 115 Å². The molecule has 0 aromatic heterocycles. The highest BCUT2D eigenvalue weighted by Gasteiger charge is 2.49. The van der Waals surface area contributed by atoms with Gasteiger partial charge in [-0.2, -0.15) is 10.1 Å². The lowest BCUT2D eigenvalue weighted by Gasteiger charge is -2.54. The predicted octanol–water partition coefficient (Wildman–Crippen LogP) is 2.83. The van der Waals surface area contributed by atoms with E-state index in [1.165, 1.54) is 0 Å². The number of nitrogens with zero attached hydrogens (tertiary/aromatic N) is 4. The van der Waals surface area contributed by atoms with Crippen LogP contribution in [0.3, 0.4) is 0 Å². The van der Waals surface area contributed by atoms with Crippen LogP contribution in [-0.2, 0) is 28.9 Å². The van der Waals surface area contributed by atoms with Gasteiger partial charge in [-0.1, -0.05) is 0 Å². The van der Waals surface area contributed by atoms with E-state index in [-0.39, 0.29) is 26.1 Å². The average molecular weight is 589 g/mol. The standard InChI is InChI=1S/C29H56N4O8/c1-24(2)16-30(17-25(3,4)32(24)38-20-28(9,10)36)40-22(34)14-13-15-23(35)41-31-18-26(5,6)33(27(7,8)19-31)39-21-29(11,12)37/h36-37H,13-21H2,1-12H3. The fourth-order valence-electron chi connectivity index (χ4n) is 5.76. The highest BCUT2D eigenvalue weighted by atomic mass is 16.7. The minimum atomic E-state index is -0.968. The van der Waals surface area contributed by atoms with Crippen LogP contribution in [0.4, 0.5) is 0 Å². The maximum Gasteiger partial charge on any atom is 0.325 e. The number of carbonyl (C=O) groups is 2. The van der Waals surface area contributed by atoms with Gasteiger partial charge in [0.15, 0.2) is 0 Å². The van der Waals surface area contributed by atoms with Crippen molar-refractivity contribution in [3.63, 3.8) is 0 Å². The molecule has 0 aromatic rings. The van der Waals surface area contributed by atoms with Crippen molar-refractivity contribution < 1.29 is 39.2 Å². The van der Waals surface area contributed by atoms with E-state index >= 15 is 0 Å². The summed E-state index contributed by atoms with van der Waals surface area (Å²) in [6, 6.07) is 0. The molecule has 2 fully saturated rings. The molecule has 41 heavy (non-hydrogen) atoms. The zero-order chi connectivity index (χ0) is 31.7. The topological polar surface area (TPSA) is 124 Å². The number of aliphatic hydroxyl groups is 2. The first kappa shape index (κ1) is 35.8. The molecule has 2 N–H and O–H groups in total. The van der Waals surface area contributed by atoms with Crippen LogP contribution in [0.25, 0.3) is 0 Å². The second kappa shape index (κ2) is 12.7. The molecule has 0 bridgehead atoms. The summed E-state index contributed by atoms with van der Waals surface area (Å²) in [4.78, 5) is 48.6. The lowest BCUT2D eigenvalue weighted by molar-refractivity contribution is -0.331. The van der Waals surface area contributed by atoms with Gasteiger partial charge in [0, 0.05) is 12.8 Å². The quantitative estimate of drug-likeness (QED) is 0.348. The Bertz CT molecular complexity index is 799. The third-order valence-electron chi connectivity index (χ3n) is 6.77. The number of piperazine rings is 2. The smallest absolute Gasteiger partial charge is 0.325 e. The zero-order valence-corrected chi connectivity index (χ0v) is 27.5. The Labute approximate surface area is 246 Å². The van der Waals surface area contributed by atoms with E-state index in [2.05, 4.69) is 0 Å². The van der Waals surface area contributed by atoms with E-state index in [1.807, 2.05) is 65.5 Å². The molecule has 0 amide bonds. The second-order valence-electron chi connectivity index (χ2n) is 15.4. The van der Waals surface area contributed by atoms with Crippen LogP contribution in [0.5, 0.6) is 0 Å². The Kier molecular flexibility index (Phi) is 11.1. The Balaban J connectivity index is 1.83. The molecule has 0 spiro atoms. The van der Waals surface area contributed by atoms with E-state index in [4.69, 9.17) is 19.4 Å². The van der Waals surface area contributed by atoms with Gasteiger partial charge in [-0.3, -0.25) is 19.3 Å². The van der Waals surface area contributed by atoms with E-state index in [1.54, 1.807) is 37.8 Å². The number of hydroxylamine groups is 8. The van der Waals surface area contributed by atoms with Crippen molar-refractivity contribution in [2.45, 2.75) is 136 Å². The number of hydrogen-bond acceptors (Lipinski definition) is 12. The van der Waals surface area contributed by atoms with Gasteiger partial charge >= 0.3 is 11.9 Å². The first-order chi connectivity index (χ1) is 18.3.